The first kappa shape index (κ1) is 12.5. The highest BCUT2D eigenvalue weighted by molar-refractivity contribution is 5.12. The van der Waals surface area contributed by atoms with E-state index in [9.17, 15) is 0 Å². The van der Waals surface area contributed by atoms with Gasteiger partial charge in [-0.15, -0.1) is 0 Å². The van der Waals surface area contributed by atoms with Gasteiger partial charge in [0.1, 0.15) is 0 Å². The molecule has 0 aliphatic carbocycles. The molecular formula is C14H22N2O. The maximum atomic E-state index is 5.87. The molecule has 1 aliphatic heterocycles. The molecule has 17 heavy (non-hydrogen) atoms. The summed E-state index contributed by atoms with van der Waals surface area (Å²) in [6.07, 6.45) is 6.27. The Morgan fingerprint density at radius 2 is 2.24 bits per heavy atom. The van der Waals surface area contributed by atoms with E-state index in [0.29, 0.717) is 18.1 Å². The molecule has 1 fully saturated rings. The van der Waals surface area contributed by atoms with Crippen LogP contribution in [0.1, 0.15) is 25.8 Å². The predicted octanol–water partition coefficient (Wildman–Crippen LogP) is 2.03. The van der Waals surface area contributed by atoms with Gasteiger partial charge in [0.2, 0.25) is 0 Å². The Morgan fingerprint density at radius 1 is 1.47 bits per heavy atom. The zero-order valence-electron chi connectivity index (χ0n) is 10.7. The molecule has 3 unspecified atom stereocenters. The van der Waals surface area contributed by atoms with E-state index in [1.54, 1.807) is 0 Å². The van der Waals surface area contributed by atoms with Crippen LogP contribution in [0.15, 0.2) is 24.5 Å². The van der Waals surface area contributed by atoms with Crippen molar-refractivity contribution in [3.63, 3.8) is 0 Å². The Kier molecular flexibility index (Phi) is 4.51. The Labute approximate surface area is 104 Å². The summed E-state index contributed by atoms with van der Waals surface area (Å²) >= 11 is 0. The van der Waals surface area contributed by atoms with Crippen LogP contribution in [0.2, 0.25) is 0 Å². The van der Waals surface area contributed by atoms with Gasteiger partial charge in [-0.25, -0.2) is 0 Å². The summed E-state index contributed by atoms with van der Waals surface area (Å²) in [5.41, 5.74) is 1.33. The fourth-order valence-corrected chi connectivity index (χ4v) is 2.57. The van der Waals surface area contributed by atoms with Gasteiger partial charge in [0, 0.05) is 25.0 Å². The van der Waals surface area contributed by atoms with Gasteiger partial charge < -0.3 is 10.1 Å². The second-order valence-corrected chi connectivity index (χ2v) is 4.83. The molecule has 0 bridgehead atoms. The van der Waals surface area contributed by atoms with E-state index >= 15 is 0 Å². The molecule has 1 N–H and O–H groups in total. The molecule has 2 rings (SSSR count). The molecule has 1 aliphatic rings. The van der Waals surface area contributed by atoms with Crippen molar-refractivity contribution in [3.05, 3.63) is 30.1 Å². The molecule has 1 aromatic rings. The Hall–Kier alpha value is -0.930. The minimum Gasteiger partial charge on any atom is -0.376 e. The van der Waals surface area contributed by atoms with E-state index in [1.807, 2.05) is 12.4 Å². The number of likely N-dealkylation sites (N-methyl/N-ethyl adjacent to an activating group) is 1. The fourth-order valence-electron chi connectivity index (χ4n) is 2.57. The maximum Gasteiger partial charge on any atom is 0.0757 e. The summed E-state index contributed by atoms with van der Waals surface area (Å²) in [6.45, 7) is 6.33. The van der Waals surface area contributed by atoms with E-state index in [2.05, 4.69) is 36.3 Å². The second-order valence-electron chi connectivity index (χ2n) is 4.83. The average molecular weight is 234 g/mol. The zero-order chi connectivity index (χ0) is 12.1. The summed E-state index contributed by atoms with van der Waals surface area (Å²) in [5.74, 6) is 0.654. The lowest BCUT2D eigenvalue weighted by Crippen LogP contribution is -2.43. The van der Waals surface area contributed by atoms with Crippen molar-refractivity contribution in [1.82, 2.24) is 10.3 Å². The SMILES string of the molecule is CCNC(Cc1ccncc1)C1OCCC1C. The number of hydrogen-bond donors (Lipinski definition) is 1. The first-order chi connectivity index (χ1) is 8.31. The summed E-state index contributed by atoms with van der Waals surface area (Å²) in [7, 11) is 0. The summed E-state index contributed by atoms with van der Waals surface area (Å²) in [5, 5.41) is 3.56. The van der Waals surface area contributed by atoms with Gasteiger partial charge in [-0.3, -0.25) is 4.98 Å². The molecule has 2 heterocycles. The van der Waals surface area contributed by atoms with Crippen molar-refractivity contribution in [3.8, 4) is 0 Å². The van der Waals surface area contributed by atoms with Crippen LogP contribution in [0.3, 0.4) is 0 Å². The van der Waals surface area contributed by atoms with Crippen LogP contribution in [0.25, 0.3) is 0 Å². The lowest BCUT2D eigenvalue weighted by Gasteiger charge is -2.27. The molecular weight excluding hydrogens is 212 g/mol. The topological polar surface area (TPSA) is 34.2 Å². The molecule has 0 amide bonds. The van der Waals surface area contributed by atoms with Gasteiger partial charge in [0.15, 0.2) is 0 Å². The average Bonchev–Trinajstić information content (AvgIpc) is 2.76. The van der Waals surface area contributed by atoms with Crippen molar-refractivity contribution in [2.75, 3.05) is 13.2 Å². The van der Waals surface area contributed by atoms with Crippen molar-refractivity contribution in [2.24, 2.45) is 5.92 Å². The summed E-state index contributed by atoms with van der Waals surface area (Å²) in [4.78, 5) is 4.06. The van der Waals surface area contributed by atoms with Crippen LogP contribution >= 0.6 is 0 Å². The lowest BCUT2D eigenvalue weighted by atomic mass is 9.93. The highest BCUT2D eigenvalue weighted by Crippen LogP contribution is 2.24. The summed E-state index contributed by atoms with van der Waals surface area (Å²) in [6, 6.07) is 4.59. The van der Waals surface area contributed by atoms with Crippen LogP contribution in [0.5, 0.6) is 0 Å². The van der Waals surface area contributed by atoms with Gasteiger partial charge in [-0.1, -0.05) is 13.8 Å². The zero-order valence-corrected chi connectivity index (χ0v) is 10.7. The number of pyridine rings is 1. The molecule has 0 aromatic carbocycles. The number of rotatable bonds is 5. The van der Waals surface area contributed by atoms with E-state index in [1.165, 1.54) is 12.0 Å². The molecule has 1 aromatic heterocycles. The first-order valence-electron chi connectivity index (χ1n) is 6.55. The highest BCUT2D eigenvalue weighted by Gasteiger charge is 2.31. The standard InChI is InChI=1S/C14H22N2O/c1-3-16-13(14-11(2)6-9-17-14)10-12-4-7-15-8-5-12/h4-5,7-8,11,13-14,16H,3,6,9-10H2,1-2H3. The molecule has 0 saturated carbocycles. The largest absolute Gasteiger partial charge is 0.376 e. The minimum atomic E-state index is 0.350. The number of aromatic nitrogens is 1. The molecule has 94 valence electrons. The number of ether oxygens (including phenoxy) is 1. The lowest BCUT2D eigenvalue weighted by molar-refractivity contribution is 0.0615. The van der Waals surface area contributed by atoms with Crippen LogP contribution in [-0.4, -0.2) is 30.3 Å². The third kappa shape index (κ3) is 3.27. The quantitative estimate of drug-likeness (QED) is 0.846. The van der Waals surface area contributed by atoms with E-state index in [-0.39, 0.29) is 0 Å². The Morgan fingerprint density at radius 3 is 2.82 bits per heavy atom. The molecule has 3 heteroatoms. The van der Waals surface area contributed by atoms with Crippen molar-refractivity contribution in [2.45, 2.75) is 38.8 Å². The number of nitrogens with zero attached hydrogens (tertiary/aromatic N) is 1. The van der Waals surface area contributed by atoms with Crippen LogP contribution in [0, 0.1) is 5.92 Å². The van der Waals surface area contributed by atoms with Crippen LogP contribution in [0.4, 0.5) is 0 Å². The van der Waals surface area contributed by atoms with Gasteiger partial charge in [-0.2, -0.15) is 0 Å². The van der Waals surface area contributed by atoms with Crippen molar-refractivity contribution < 1.29 is 4.74 Å². The van der Waals surface area contributed by atoms with Gasteiger partial charge in [0.05, 0.1) is 6.10 Å². The number of nitrogens with one attached hydrogen (secondary N) is 1. The highest BCUT2D eigenvalue weighted by atomic mass is 16.5. The predicted molar refractivity (Wildman–Crippen MR) is 68.9 cm³/mol. The third-order valence-electron chi connectivity index (χ3n) is 3.51. The van der Waals surface area contributed by atoms with Gasteiger partial charge in [-0.05, 0) is 43.0 Å². The fraction of sp³-hybridized carbons (Fsp3) is 0.643. The molecule has 3 atom stereocenters. The normalized spacial score (nSPS) is 26.0. The Bertz CT molecular complexity index is 328. The molecule has 0 radical (unpaired) electrons. The van der Waals surface area contributed by atoms with E-state index < -0.39 is 0 Å². The third-order valence-corrected chi connectivity index (χ3v) is 3.51. The molecule has 1 saturated heterocycles. The van der Waals surface area contributed by atoms with Gasteiger partial charge >= 0.3 is 0 Å². The minimum absolute atomic E-state index is 0.350. The van der Waals surface area contributed by atoms with Crippen molar-refractivity contribution in [1.29, 1.82) is 0 Å². The first-order valence-corrected chi connectivity index (χ1v) is 6.55. The monoisotopic (exact) mass is 234 g/mol. The Balaban J connectivity index is 2.02. The molecule has 3 nitrogen and oxygen atoms in total. The van der Waals surface area contributed by atoms with Gasteiger partial charge in [0.25, 0.3) is 0 Å². The van der Waals surface area contributed by atoms with Crippen LogP contribution < -0.4 is 5.32 Å². The van der Waals surface area contributed by atoms with E-state index in [4.69, 9.17) is 4.74 Å². The number of hydrogen-bond acceptors (Lipinski definition) is 3. The second kappa shape index (κ2) is 6.12. The smallest absolute Gasteiger partial charge is 0.0757 e. The summed E-state index contributed by atoms with van der Waals surface area (Å²) < 4.78 is 5.87. The van der Waals surface area contributed by atoms with Crippen molar-refractivity contribution >= 4 is 0 Å². The molecule has 0 spiro atoms. The van der Waals surface area contributed by atoms with E-state index in [0.717, 1.165) is 19.6 Å². The maximum absolute atomic E-state index is 5.87. The van der Waals surface area contributed by atoms with Crippen LogP contribution in [-0.2, 0) is 11.2 Å².